The van der Waals surface area contributed by atoms with Gasteiger partial charge >= 0.3 is 0 Å². The number of ether oxygens (including phenoxy) is 2. The van der Waals surface area contributed by atoms with E-state index in [1.54, 1.807) is 14.2 Å². The average molecular weight is 464 g/mol. The van der Waals surface area contributed by atoms with E-state index in [1.807, 2.05) is 31.2 Å². The van der Waals surface area contributed by atoms with Crippen molar-refractivity contribution in [2.24, 2.45) is 0 Å². The fraction of sp³-hybridized carbons (Fsp3) is 0.292. The topological polar surface area (TPSA) is 92.4 Å². The van der Waals surface area contributed by atoms with E-state index in [-0.39, 0.29) is 18.5 Å². The monoisotopic (exact) mass is 463 g/mol. The van der Waals surface area contributed by atoms with Crippen molar-refractivity contribution >= 4 is 33.3 Å². The highest BCUT2D eigenvalue weighted by Crippen LogP contribution is 2.42. The van der Waals surface area contributed by atoms with Gasteiger partial charge in [0.25, 0.3) is 0 Å². The molecule has 0 fully saturated rings. The van der Waals surface area contributed by atoms with E-state index in [4.69, 9.17) is 9.47 Å². The molecular formula is C24H25N5O3S. The van der Waals surface area contributed by atoms with Crippen molar-refractivity contribution in [3.63, 3.8) is 0 Å². The summed E-state index contributed by atoms with van der Waals surface area (Å²) in [6.07, 6.45) is 0.841. The van der Waals surface area contributed by atoms with E-state index in [0.29, 0.717) is 5.13 Å². The number of aromatic nitrogens is 3. The fourth-order valence-electron chi connectivity index (χ4n) is 4.56. The molecule has 1 aliphatic heterocycles. The Morgan fingerprint density at radius 3 is 2.82 bits per heavy atom. The van der Waals surface area contributed by atoms with Crippen LogP contribution < -0.4 is 14.8 Å². The molecule has 0 saturated heterocycles. The molecule has 2 aromatic heterocycles. The molecule has 33 heavy (non-hydrogen) atoms. The van der Waals surface area contributed by atoms with Crippen LogP contribution in [0.1, 0.15) is 27.9 Å². The summed E-state index contributed by atoms with van der Waals surface area (Å²) in [5.74, 6) is 1.36. The van der Waals surface area contributed by atoms with Gasteiger partial charge in [0.05, 0.1) is 26.8 Å². The summed E-state index contributed by atoms with van der Waals surface area (Å²) in [6.45, 7) is 2.79. The predicted octanol–water partition coefficient (Wildman–Crippen LogP) is 3.93. The van der Waals surface area contributed by atoms with E-state index in [1.165, 1.54) is 22.3 Å². The summed E-state index contributed by atoms with van der Waals surface area (Å²) in [5.41, 5.74) is 4.39. The molecular weight excluding hydrogens is 438 g/mol. The number of hydrogen-bond donors (Lipinski definition) is 2. The Labute approximate surface area is 195 Å². The second-order valence-electron chi connectivity index (χ2n) is 7.97. The van der Waals surface area contributed by atoms with Crippen molar-refractivity contribution in [1.82, 2.24) is 20.1 Å². The normalized spacial score (nSPS) is 15.9. The maximum Gasteiger partial charge on any atom is 0.240 e. The van der Waals surface area contributed by atoms with Gasteiger partial charge in [0.2, 0.25) is 11.0 Å². The van der Waals surface area contributed by atoms with Crippen molar-refractivity contribution in [2.45, 2.75) is 19.4 Å². The number of benzene rings is 2. The molecule has 8 nitrogen and oxygen atoms in total. The lowest BCUT2D eigenvalue weighted by Gasteiger charge is -2.36. The van der Waals surface area contributed by atoms with Crippen molar-refractivity contribution < 1.29 is 14.3 Å². The van der Waals surface area contributed by atoms with Crippen LogP contribution in [-0.2, 0) is 11.2 Å². The Balaban J connectivity index is 1.56. The van der Waals surface area contributed by atoms with Gasteiger partial charge < -0.3 is 14.5 Å². The Kier molecular flexibility index (Phi) is 5.74. The molecule has 1 unspecified atom stereocenters. The maximum atomic E-state index is 12.9. The third-order valence-electron chi connectivity index (χ3n) is 5.98. The molecule has 0 bridgehead atoms. The zero-order valence-electron chi connectivity index (χ0n) is 18.7. The number of rotatable bonds is 6. The quantitative estimate of drug-likeness (QED) is 0.450. The Morgan fingerprint density at radius 2 is 2.06 bits per heavy atom. The maximum absolute atomic E-state index is 12.9. The number of carbonyl (C=O) groups excluding carboxylic acids is 1. The molecule has 3 heterocycles. The minimum atomic E-state index is -0.201. The first-order chi connectivity index (χ1) is 16.1. The summed E-state index contributed by atoms with van der Waals surface area (Å²) in [7, 11) is 3.31. The molecule has 0 saturated carbocycles. The van der Waals surface area contributed by atoms with E-state index >= 15 is 0 Å². The summed E-state index contributed by atoms with van der Waals surface area (Å²) in [4.78, 5) is 18.7. The van der Waals surface area contributed by atoms with Gasteiger partial charge in [-0.25, -0.2) is 0 Å². The van der Waals surface area contributed by atoms with Gasteiger partial charge in [-0.05, 0) is 43.2 Å². The van der Waals surface area contributed by atoms with Crippen molar-refractivity contribution in [2.75, 3.05) is 32.6 Å². The largest absolute Gasteiger partial charge is 0.497 e. The number of nitrogens with zero attached hydrogens (tertiary/aromatic N) is 3. The fourth-order valence-corrected chi connectivity index (χ4v) is 5.16. The number of methoxy groups -OCH3 is 2. The molecule has 0 radical (unpaired) electrons. The van der Waals surface area contributed by atoms with Gasteiger partial charge in [-0.1, -0.05) is 29.5 Å². The van der Waals surface area contributed by atoms with Crippen molar-refractivity contribution in [3.05, 3.63) is 64.3 Å². The van der Waals surface area contributed by atoms with E-state index in [0.717, 1.165) is 46.2 Å². The third-order valence-corrected chi connectivity index (χ3v) is 6.74. The standard InChI is InChI=1S/C24H25N5O3S/c1-14-27-28-24(33-14)26-21(30)13-29-11-10-17-16-6-4-5-7-19(16)25-22(17)23(29)18-12-15(31-2)8-9-20(18)32-3/h4-9,12,23,25H,10-11,13H2,1-3H3,(H,26,28,30). The van der Waals surface area contributed by atoms with E-state index in [9.17, 15) is 4.79 Å². The van der Waals surface area contributed by atoms with Crippen molar-refractivity contribution in [1.29, 1.82) is 0 Å². The molecule has 1 amide bonds. The molecule has 1 atom stereocenters. The van der Waals surface area contributed by atoms with E-state index < -0.39 is 0 Å². The number of anilines is 1. The summed E-state index contributed by atoms with van der Waals surface area (Å²) < 4.78 is 11.2. The number of aromatic amines is 1. The first-order valence-electron chi connectivity index (χ1n) is 10.7. The number of amides is 1. The van der Waals surface area contributed by atoms with Crippen LogP contribution in [0.5, 0.6) is 11.5 Å². The minimum Gasteiger partial charge on any atom is -0.497 e. The Bertz CT molecular complexity index is 1310. The lowest BCUT2D eigenvalue weighted by Crippen LogP contribution is -2.41. The summed E-state index contributed by atoms with van der Waals surface area (Å²) in [5, 5.41) is 13.4. The minimum absolute atomic E-state index is 0.127. The van der Waals surface area contributed by atoms with Crippen LogP contribution in [0.3, 0.4) is 0 Å². The number of carbonyl (C=O) groups is 1. The van der Waals surface area contributed by atoms with Gasteiger partial charge in [-0.15, -0.1) is 10.2 Å². The van der Waals surface area contributed by atoms with Crippen LogP contribution in [0.4, 0.5) is 5.13 Å². The highest BCUT2D eigenvalue weighted by molar-refractivity contribution is 7.15. The molecule has 2 N–H and O–H groups in total. The zero-order valence-corrected chi connectivity index (χ0v) is 19.5. The number of aryl methyl sites for hydroxylation is 1. The molecule has 4 aromatic rings. The predicted molar refractivity (Wildman–Crippen MR) is 128 cm³/mol. The molecule has 0 spiro atoms. The Hall–Kier alpha value is -3.43. The SMILES string of the molecule is COc1ccc(OC)c(C2c3[nH]c4ccccc4c3CCN2CC(=O)Nc2nnc(C)s2)c1. The van der Waals surface area contributed by atoms with Crippen LogP contribution >= 0.6 is 11.3 Å². The van der Waals surface area contributed by atoms with Crippen LogP contribution in [-0.4, -0.2) is 53.3 Å². The Morgan fingerprint density at radius 1 is 1.21 bits per heavy atom. The first kappa shape index (κ1) is 21.4. The molecule has 0 aliphatic carbocycles. The molecule has 2 aromatic carbocycles. The van der Waals surface area contributed by atoms with Crippen LogP contribution in [0.2, 0.25) is 0 Å². The van der Waals surface area contributed by atoms with Gasteiger partial charge in [0.15, 0.2) is 0 Å². The third kappa shape index (κ3) is 4.05. The molecule has 170 valence electrons. The van der Waals surface area contributed by atoms with Crippen molar-refractivity contribution in [3.8, 4) is 11.5 Å². The smallest absolute Gasteiger partial charge is 0.240 e. The number of para-hydroxylation sites is 1. The van der Waals surface area contributed by atoms with Crippen LogP contribution in [0.15, 0.2) is 42.5 Å². The van der Waals surface area contributed by atoms with E-state index in [2.05, 4.69) is 43.6 Å². The lowest BCUT2D eigenvalue weighted by atomic mass is 9.91. The summed E-state index contributed by atoms with van der Waals surface area (Å²) >= 11 is 1.36. The summed E-state index contributed by atoms with van der Waals surface area (Å²) in [6, 6.07) is 13.9. The second-order valence-corrected chi connectivity index (χ2v) is 9.15. The lowest BCUT2D eigenvalue weighted by molar-refractivity contribution is -0.117. The average Bonchev–Trinajstić information content (AvgIpc) is 3.41. The molecule has 5 rings (SSSR count). The van der Waals surface area contributed by atoms with Crippen LogP contribution in [0, 0.1) is 6.92 Å². The first-order valence-corrected chi connectivity index (χ1v) is 11.5. The highest BCUT2D eigenvalue weighted by Gasteiger charge is 2.34. The second kappa shape index (κ2) is 8.84. The van der Waals surface area contributed by atoms with Gasteiger partial charge in [0.1, 0.15) is 16.5 Å². The molecule has 9 heteroatoms. The number of H-pyrrole nitrogens is 1. The number of fused-ring (bicyclic) bond motifs is 3. The number of hydrogen-bond acceptors (Lipinski definition) is 7. The van der Waals surface area contributed by atoms with Gasteiger partial charge in [-0.2, -0.15) is 0 Å². The van der Waals surface area contributed by atoms with Gasteiger partial charge in [-0.3, -0.25) is 15.0 Å². The number of nitrogens with one attached hydrogen (secondary N) is 2. The molecule has 1 aliphatic rings. The zero-order chi connectivity index (χ0) is 22.9. The van der Waals surface area contributed by atoms with Crippen LogP contribution in [0.25, 0.3) is 10.9 Å². The van der Waals surface area contributed by atoms with Gasteiger partial charge in [0, 0.05) is 28.7 Å². The highest BCUT2D eigenvalue weighted by atomic mass is 32.1.